The maximum absolute atomic E-state index is 12.2. The van der Waals surface area contributed by atoms with Crippen LogP contribution in [-0.4, -0.2) is 22.1 Å². The Morgan fingerprint density at radius 3 is 2.45 bits per heavy atom. The van der Waals surface area contributed by atoms with E-state index in [1.165, 1.54) is 13.2 Å². The fourth-order valence-corrected chi connectivity index (χ4v) is 2.81. The van der Waals surface area contributed by atoms with Crippen molar-refractivity contribution in [1.29, 1.82) is 0 Å². The zero-order chi connectivity index (χ0) is 15.4. The largest absolute Gasteiger partial charge is 0.496 e. The van der Waals surface area contributed by atoms with Gasteiger partial charge in [0, 0.05) is 18.7 Å². The van der Waals surface area contributed by atoms with Crippen LogP contribution in [0.3, 0.4) is 0 Å². The summed E-state index contributed by atoms with van der Waals surface area (Å²) in [6.45, 7) is 6.86. The van der Waals surface area contributed by atoms with Crippen LogP contribution in [0, 0.1) is 5.41 Å². The molecule has 0 radical (unpaired) electrons. The minimum absolute atomic E-state index is 0.0881. The number of ether oxygens (including phenoxy) is 1. The van der Waals surface area contributed by atoms with Crippen molar-refractivity contribution in [3.05, 3.63) is 23.8 Å². The summed E-state index contributed by atoms with van der Waals surface area (Å²) in [4.78, 5) is 0.215. The van der Waals surface area contributed by atoms with E-state index in [4.69, 9.17) is 10.5 Å². The first-order chi connectivity index (χ1) is 9.19. The van der Waals surface area contributed by atoms with Gasteiger partial charge in [0.05, 0.1) is 12.0 Å². The van der Waals surface area contributed by atoms with Gasteiger partial charge in [0.25, 0.3) is 0 Å². The SMILES string of the molecule is COc1ccc(S(=O)(=O)NCCC(C)(C)C)cc1CN. The molecule has 0 saturated heterocycles. The molecule has 0 bridgehead atoms. The molecule has 20 heavy (non-hydrogen) atoms. The summed E-state index contributed by atoms with van der Waals surface area (Å²) in [6, 6.07) is 4.70. The van der Waals surface area contributed by atoms with Crippen LogP contribution in [0.4, 0.5) is 0 Å². The molecule has 0 aromatic heterocycles. The Kier molecular flexibility index (Phi) is 5.56. The molecular weight excluding hydrogens is 276 g/mol. The van der Waals surface area contributed by atoms with Crippen LogP contribution in [-0.2, 0) is 16.6 Å². The second kappa shape index (κ2) is 6.56. The number of nitrogens with two attached hydrogens (primary N) is 1. The molecular formula is C14H24N2O3S. The molecule has 0 amide bonds. The Hall–Kier alpha value is -1.11. The number of nitrogens with one attached hydrogen (secondary N) is 1. The third-order valence-corrected chi connectivity index (χ3v) is 4.41. The lowest BCUT2D eigenvalue weighted by atomic mass is 9.93. The average molecular weight is 300 g/mol. The van der Waals surface area contributed by atoms with Crippen molar-refractivity contribution in [1.82, 2.24) is 4.72 Å². The predicted molar refractivity (Wildman–Crippen MR) is 80.1 cm³/mol. The predicted octanol–water partition coefficient (Wildman–Crippen LogP) is 1.87. The summed E-state index contributed by atoms with van der Waals surface area (Å²) in [7, 11) is -1.97. The van der Waals surface area contributed by atoms with Crippen LogP contribution in [0.2, 0.25) is 0 Å². The van der Waals surface area contributed by atoms with Gasteiger partial charge in [-0.1, -0.05) is 20.8 Å². The monoisotopic (exact) mass is 300 g/mol. The first-order valence-corrected chi connectivity index (χ1v) is 8.04. The Bertz CT molecular complexity index is 548. The number of benzene rings is 1. The average Bonchev–Trinajstić information content (AvgIpc) is 2.36. The highest BCUT2D eigenvalue weighted by molar-refractivity contribution is 7.89. The number of sulfonamides is 1. The lowest BCUT2D eigenvalue weighted by Crippen LogP contribution is -2.27. The van der Waals surface area contributed by atoms with Gasteiger partial charge < -0.3 is 10.5 Å². The Labute approximate surface area is 121 Å². The second-order valence-corrected chi connectivity index (χ2v) is 7.65. The normalized spacial score (nSPS) is 12.4. The van der Waals surface area contributed by atoms with Gasteiger partial charge in [-0.15, -0.1) is 0 Å². The van der Waals surface area contributed by atoms with E-state index < -0.39 is 10.0 Å². The Balaban J connectivity index is 2.87. The van der Waals surface area contributed by atoms with Gasteiger partial charge in [-0.05, 0) is 30.0 Å². The summed E-state index contributed by atoms with van der Waals surface area (Å²) in [5.74, 6) is 0.598. The van der Waals surface area contributed by atoms with Crippen molar-refractivity contribution in [3.8, 4) is 5.75 Å². The molecule has 0 aliphatic heterocycles. The number of hydrogen-bond acceptors (Lipinski definition) is 4. The first-order valence-electron chi connectivity index (χ1n) is 6.56. The zero-order valence-corrected chi connectivity index (χ0v) is 13.4. The summed E-state index contributed by atoms with van der Waals surface area (Å²) in [5, 5.41) is 0. The maximum atomic E-state index is 12.2. The molecule has 6 heteroatoms. The summed E-state index contributed by atoms with van der Waals surface area (Å²) in [5.41, 5.74) is 6.36. The van der Waals surface area contributed by atoms with Gasteiger partial charge >= 0.3 is 0 Å². The van der Waals surface area contributed by atoms with Gasteiger partial charge in [0.2, 0.25) is 10.0 Å². The summed E-state index contributed by atoms with van der Waals surface area (Å²) >= 11 is 0. The minimum atomic E-state index is -3.50. The molecule has 0 unspecified atom stereocenters. The van der Waals surface area contributed by atoms with Gasteiger partial charge in [-0.25, -0.2) is 13.1 Å². The molecule has 3 N–H and O–H groups in total. The van der Waals surface area contributed by atoms with Crippen LogP contribution < -0.4 is 15.2 Å². The lowest BCUT2D eigenvalue weighted by Gasteiger charge is -2.18. The van der Waals surface area contributed by atoms with Crippen molar-refractivity contribution >= 4 is 10.0 Å². The van der Waals surface area contributed by atoms with E-state index in [0.29, 0.717) is 17.9 Å². The standard InChI is InChI=1S/C14H24N2O3S/c1-14(2,3)7-8-16-20(17,18)12-5-6-13(19-4)11(9-12)10-15/h5-6,9,16H,7-8,10,15H2,1-4H3. The topological polar surface area (TPSA) is 81.4 Å². The Morgan fingerprint density at radius 1 is 1.30 bits per heavy atom. The van der Waals surface area contributed by atoms with Crippen molar-refractivity contribution in [3.63, 3.8) is 0 Å². The van der Waals surface area contributed by atoms with E-state index in [1.807, 2.05) is 0 Å². The molecule has 1 aromatic rings. The van der Waals surface area contributed by atoms with Gasteiger partial charge in [0.15, 0.2) is 0 Å². The van der Waals surface area contributed by atoms with E-state index in [-0.39, 0.29) is 16.9 Å². The van der Waals surface area contributed by atoms with Crippen LogP contribution in [0.1, 0.15) is 32.8 Å². The highest BCUT2D eigenvalue weighted by atomic mass is 32.2. The minimum Gasteiger partial charge on any atom is -0.496 e. The lowest BCUT2D eigenvalue weighted by molar-refractivity contribution is 0.378. The smallest absolute Gasteiger partial charge is 0.240 e. The fourth-order valence-electron chi connectivity index (χ4n) is 1.73. The fraction of sp³-hybridized carbons (Fsp3) is 0.571. The summed E-state index contributed by atoms with van der Waals surface area (Å²) in [6.07, 6.45) is 0.770. The van der Waals surface area contributed by atoms with E-state index in [2.05, 4.69) is 25.5 Å². The molecule has 1 rings (SSSR count). The second-order valence-electron chi connectivity index (χ2n) is 5.89. The van der Waals surface area contributed by atoms with E-state index in [9.17, 15) is 8.42 Å². The number of hydrogen-bond donors (Lipinski definition) is 2. The molecule has 0 fully saturated rings. The highest BCUT2D eigenvalue weighted by Crippen LogP contribution is 2.22. The van der Waals surface area contributed by atoms with E-state index in [1.54, 1.807) is 12.1 Å². The van der Waals surface area contributed by atoms with Crippen LogP contribution >= 0.6 is 0 Å². The number of methoxy groups -OCH3 is 1. The summed E-state index contributed by atoms with van der Waals surface area (Å²) < 4.78 is 32.1. The van der Waals surface area contributed by atoms with Gasteiger partial charge in [-0.3, -0.25) is 0 Å². The molecule has 0 saturated carbocycles. The van der Waals surface area contributed by atoms with Crippen molar-refractivity contribution in [2.24, 2.45) is 11.1 Å². The molecule has 0 spiro atoms. The molecule has 1 aromatic carbocycles. The highest BCUT2D eigenvalue weighted by Gasteiger charge is 2.17. The van der Waals surface area contributed by atoms with Gasteiger partial charge in [0.1, 0.15) is 5.75 Å². The van der Waals surface area contributed by atoms with Crippen LogP contribution in [0.25, 0.3) is 0 Å². The van der Waals surface area contributed by atoms with Crippen LogP contribution in [0.15, 0.2) is 23.1 Å². The van der Waals surface area contributed by atoms with E-state index >= 15 is 0 Å². The first kappa shape index (κ1) is 16.9. The van der Waals surface area contributed by atoms with Crippen molar-refractivity contribution in [2.75, 3.05) is 13.7 Å². The molecule has 114 valence electrons. The maximum Gasteiger partial charge on any atom is 0.240 e. The number of rotatable bonds is 6. The van der Waals surface area contributed by atoms with Gasteiger partial charge in [-0.2, -0.15) is 0 Å². The van der Waals surface area contributed by atoms with E-state index in [0.717, 1.165) is 6.42 Å². The zero-order valence-electron chi connectivity index (χ0n) is 12.6. The Morgan fingerprint density at radius 2 is 1.95 bits per heavy atom. The third-order valence-electron chi connectivity index (χ3n) is 2.95. The molecule has 0 atom stereocenters. The quantitative estimate of drug-likeness (QED) is 0.840. The van der Waals surface area contributed by atoms with Crippen molar-refractivity contribution in [2.45, 2.75) is 38.6 Å². The van der Waals surface area contributed by atoms with Crippen molar-refractivity contribution < 1.29 is 13.2 Å². The molecule has 0 aliphatic rings. The molecule has 5 nitrogen and oxygen atoms in total. The molecule has 0 aliphatic carbocycles. The molecule has 0 heterocycles. The van der Waals surface area contributed by atoms with Crippen LogP contribution in [0.5, 0.6) is 5.75 Å². The third kappa shape index (κ3) is 4.77.